The van der Waals surface area contributed by atoms with E-state index in [4.69, 9.17) is 17.3 Å². The molecule has 0 spiro atoms. The molecule has 2 aromatic carbocycles. The van der Waals surface area contributed by atoms with E-state index in [2.05, 4.69) is 41.2 Å². The highest BCUT2D eigenvalue weighted by atomic mass is 32.1. The molecule has 0 fully saturated rings. The first kappa shape index (κ1) is 24.4. The molecule has 1 unspecified atom stereocenters. The minimum absolute atomic E-state index is 0.270. The molecule has 0 saturated heterocycles. The molecule has 0 aliphatic heterocycles. The standard InChI is InChI=1S/C16H15N3O2S.C6H15N/c1-11(16(20)21)15(22)17-12-7-9-14(10-8-12)19-18-13-5-3-2-4-6-13;1-4-7(5-2)6-3/h2-11H,1H3,(H,17,22)(H,20,21);4-6H2,1-3H3. The van der Waals surface area contributed by atoms with Crippen LogP contribution >= 0.6 is 12.2 Å². The van der Waals surface area contributed by atoms with Crippen LogP contribution in [0.4, 0.5) is 17.1 Å². The van der Waals surface area contributed by atoms with E-state index < -0.39 is 11.9 Å². The summed E-state index contributed by atoms with van der Waals surface area (Å²) in [7, 11) is 0. The number of nitrogens with one attached hydrogen (secondary N) is 1. The summed E-state index contributed by atoms with van der Waals surface area (Å²) < 4.78 is 0. The summed E-state index contributed by atoms with van der Waals surface area (Å²) in [4.78, 5) is 13.5. The van der Waals surface area contributed by atoms with Gasteiger partial charge in [0, 0.05) is 5.69 Å². The number of anilines is 1. The van der Waals surface area contributed by atoms with Gasteiger partial charge in [0.15, 0.2) is 0 Å². The van der Waals surface area contributed by atoms with Gasteiger partial charge in [-0.25, -0.2) is 0 Å². The summed E-state index contributed by atoms with van der Waals surface area (Å²) in [5, 5.41) is 20.1. The molecule has 6 nitrogen and oxygen atoms in total. The molecule has 2 N–H and O–H groups in total. The van der Waals surface area contributed by atoms with Crippen LogP contribution < -0.4 is 5.32 Å². The maximum Gasteiger partial charge on any atom is 0.313 e. The predicted octanol–water partition coefficient (Wildman–Crippen LogP) is 5.91. The van der Waals surface area contributed by atoms with Crippen molar-refractivity contribution < 1.29 is 9.90 Å². The first-order chi connectivity index (χ1) is 13.9. The molecule has 2 rings (SSSR count). The molecule has 156 valence electrons. The highest BCUT2D eigenvalue weighted by molar-refractivity contribution is 7.80. The van der Waals surface area contributed by atoms with Crippen molar-refractivity contribution in [3.8, 4) is 0 Å². The fraction of sp³-hybridized carbons (Fsp3) is 0.364. The molecule has 0 radical (unpaired) electrons. The van der Waals surface area contributed by atoms with Crippen LogP contribution in [-0.4, -0.2) is 40.6 Å². The fourth-order valence-corrected chi connectivity index (χ4v) is 2.47. The molecular weight excluding hydrogens is 384 g/mol. The highest BCUT2D eigenvalue weighted by Gasteiger charge is 2.16. The summed E-state index contributed by atoms with van der Waals surface area (Å²) in [6.07, 6.45) is 0. The van der Waals surface area contributed by atoms with Crippen LogP contribution in [0.25, 0.3) is 0 Å². The first-order valence-electron chi connectivity index (χ1n) is 9.74. The van der Waals surface area contributed by atoms with Gasteiger partial charge in [0.2, 0.25) is 0 Å². The second-order valence-electron chi connectivity index (χ2n) is 6.25. The number of benzene rings is 2. The molecular formula is C22H30N4O2S. The molecule has 0 aliphatic rings. The minimum Gasteiger partial charge on any atom is -0.481 e. The molecule has 7 heteroatoms. The smallest absolute Gasteiger partial charge is 0.313 e. The van der Waals surface area contributed by atoms with Crippen molar-refractivity contribution in [2.24, 2.45) is 16.1 Å². The van der Waals surface area contributed by atoms with E-state index in [1.165, 1.54) is 19.6 Å². The second-order valence-corrected chi connectivity index (χ2v) is 6.69. The normalized spacial score (nSPS) is 11.6. The van der Waals surface area contributed by atoms with Crippen molar-refractivity contribution in [1.82, 2.24) is 4.90 Å². The van der Waals surface area contributed by atoms with E-state index in [0.29, 0.717) is 5.69 Å². The van der Waals surface area contributed by atoms with Gasteiger partial charge in [-0.05, 0) is 63.0 Å². The van der Waals surface area contributed by atoms with Gasteiger partial charge in [-0.3, -0.25) is 4.79 Å². The zero-order valence-corrected chi connectivity index (χ0v) is 18.3. The number of rotatable bonds is 8. The zero-order chi connectivity index (χ0) is 21.6. The summed E-state index contributed by atoms with van der Waals surface area (Å²) >= 11 is 5.05. The van der Waals surface area contributed by atoms with Crippen molar-refractivity contribution >= 4 is 40.2 Å². The third kappa shape index (κ3) is 9.40. The largest absolute Gasteiger partial charge is 0.481 e. The number of aliphatic carboxylic acids is 1. The number of carbonyl (C=O) groups is 1. The third-order valence-corrected chi connectivity index (χ3v) is 4.73. The predicted molar refractivity (Wildman–Crippen MR) is 124 cm³/mol. The van der Waals surface area contributed by atoms with Crippen molar-refractivity contribution in [2.75, 3.05) is 25.0 Å². The van der Waals surface area contributed by atoms with Gasteiger partial charge < -0.3 is 15.3 Å². The van der Waals surface area contributed by atoms with Crippen molar-refractivity contribution in [3.63, 3.8) is 0 Å². The van der Waals surface area contributed by atoms with Crippen molar-refractivity contribution in [3.05, 3.63) is 54.6 Å². The number of hydrogen-bond donors (Lipinski definition) is 2. The fourth-order valence-electron chi connectivity index (χ4n) is 2.26. The number of azo groups is 1. The van der Waals surface area contributed by atoms with Crippen LogP contribution in [0.5, 0.6) is 0 Å². The van der Waals surface area contributed by atoms with Gasteiger partial charge in [-0.1, -0.05) is 51.2 Å². The van der Waals surface area contributed by atoms with Gasteiger partial charge in [0.1, 0.15) is 5.92 Å². The Morgan fingerprint density at radius 1 is 0.966 bits per heavy atom. The summed E-state index contributed by atoms with van der Waals surface area (Å²) in [5.41, 5.74) is 2.20. The van der Waals surface area contributed by atoms with Gasteiger partial charge >= 0.3 is 5.97 Å². The van der Waals surface area contributed by atoms with E-state index in [1.54, 1.807) is 31.2 Å². The Labute approximate surface area is 178 Å². The summed E-state index contributed by atoms with van der Waals surface area (Å²) in [5.74, 6) is -1.68. The lowest BCUT2D eigenvalue weighted by Gasteiger charge is -2.13. The van der Waals surface area contributed by atoms with E-state index in [1.807, 2.05) is 30.3 Å². The monoisotopic (exact) mass is 414 g/mol. The van der Waals surface area contributed by atoms with Crippen LogP contribution in [-0.2, 0) is 4.79 Å². The molecule has 0 aromatic heterocycles. The zero-order valence-electron chi connectivity index (χ0n) is 17.5. The Hall–Kier alpha value is -2.64. The summed E-state index contributed by atoms with van der Waals surface area (Å²) in [6.45, 7) is 11.7. The van der Waals surface area contributed by atoms with Crippen molar-refractivity contribution in [2.45, 2.75) is 27.7 Å². The lowest BCUT2D eigenvalue weighted by molar-refractivity contribution is -0.138. The van der Waals surface area contributed by atoms with Crippen LogP contribution in [0, 0.1) is 5.92 Å². The highest BCUT2D eigenvalue weighted by Crippen LogP contribution is 2.20. The SMILES string of the molecule is CC(C(=O)O)C(=S)Nc1ccc(N=Nc2ccccc2)cc1.CCN(CC)CC. The average Bonchev–Trinajstić information content (AvgIpc) is 2.75. The number of thiocarbonyl (C=S) groups is 1. The number of hydrogen-bond acceptors (Lipinski definition) is 5. The topological polar surface area (TPSA) is 77.3 Å². The van der Waals surface area contributed by atoms with E-state index in [0.717, 1.165) is 11.4 Å². The second kappa shape index (κ2) is 13.5. The van der Waals surface area contributed by atoms with Crippen molar-refractivity contribution in [1.29, 1.82) is 0 Å². The number of nitrogens with zero attached hydrogens (tertiary/aromatic N) is 3. The molecule has 0 bridgehead atoms. The molecule has 2 aromatic rings. The van der Waals surface area contributed by atoms with E-state index in [9.17, 15) is 4.79 Å². The third-order valence-electron chi connectivity index (χ3n) is 4.28. The Morgan fingerprint density at radius 3 is 1.86 bits per heavy atom. The van der Waals surface area contributed by atoms with Crippen LogP contribution in [0.15, 0.2) is 64.8 Å². The number of carboxylic acids is 1. The lowest BCUT2D eigenvalue weighted by Crippen LogP contribution is -2.25. The van der Waals surface area contributed by atoms with Crippen LogP contribution in [0.3, 0.4) is 0 Å². The average molecular weight is 415 g/mol. The molecule has 0 aliphatic carbocycles. The number of carboxylic acid groups (broad SMARTS) is 1. The van der Waals surface area contributed by atoms with E-state index in [-0.39, 0.29) is 4.99 Å². The van der Waals surface area contributed by atoms with E-state index >= 15 is 0 Å². The maximum atomic E-state index is 10.9. The first-order valence-corrected chi connectivity index (χ1v) is 10.1. The van der Waals surface area contributed by atoms with Crippen LogP contribution in [0.1, 0.15) is 27.7 Å². The van der Waals surface area contributed by atoms with Gasteiger partial charge in [0.05, 0.1) is 16.4 Å². The Balaban J connectivity index is 0.000000516. The molecule has 0 heterocycles. The lowest BCUT2D eigenvalue weighted by atomic mass is 10.2. The Morgan fingerprint density at radius 2 is 1.45 bits per heavy atom. The molecule has 29 heavy (non-hydrogen) atoms. The molecule has 0 saturated carbocycles. The van der Waals surface area contributed by atoms with Gasteiger partial charge in [-0.2, -0.15) is 10.2 Å². The Kier molecular flexibility index (Phi) is 11.4. The van der Waals surface area contributed by atoms with Gasteiger partial charge in [0.25, 0.3) is 0 Å². The molecule has 0 amide bonds. The minimum atomic E-state index is -0.953. The maximum absolute atomic E-state index is 10.9. The van der Waals surface area contributed by atoms with Gasteiger partial charge in [-0.15, -0.1) is 0 Å². The quantitative estimate of drug-likeness (QED) is 0.415. The Bertz CT molecular complexity index is 770. The summed E-state index contributed by atoms with van der Waals surface area (Å²) in [6, 6.07) is 16.6. The molecule has 1 atom stereocenters. The van der Waals surface area contributed by atoms with Crippen LogP contribution in [0.2, 0.25) is 0 Å².